The van der Waals surface area contributed by atoms with Crippen molar-refractivity contribution in [3.63, 3.8) is 0 Å². The lowest BCUT2D eigenvalue weighted by atomic mass is 9.83. The van der Waals surface area contributed by atoms with Crippen LogP contribution in [0.1, 0.15) is 53.2 Å². The predicted octanol–water partition coefficient (Wildman–Crippen LogP) is 7.33. The fourth-order valence-corrected chi connectivity index (χ4v) is 5.50. The summed E-state index contributed by atoms with van der Waals surface area (Å²) in [5.41, 5.74) is -1.76. The van der Waals surface area contributed by atoms with Gasteiger partial charge < -0.3 is 9.64 Å². The summed E-state index contributed by atoms with van der Waals surface area (Å²) >= 11 is 0. The van der Waals surface area contributed by atoms with Gasteiger partial charge in [-0.1, -0.05) is 12.1 Å². The van der Waals surface area contributed by atoms with Crippen molar-refractivity contribution in [1.82, 2.24) is 9.88 Å². The number of ether oxygens (including phenoxy) is 1. The van der Waals surface area contributed by atoms with Crippen molar-refractivity contribution in [3.8, 4) is 0 Å². The first-order valence-corrected chi connectivity index (χ1v) is 12.5. The number of benzene rings is 2. The van der Waals surface area contributed by atoms with Crippen LogP contribution in [0.5, 0.6) is 0 Å². The van der Waals surface area contributed by atoms with E-state index in [4.69, 9.17) is 4.74 Å². The van der Waals surface area contributed by atoms with Crippen molar-refractivity contribution in [2.45, 2.75) is 49.9 Å². The fraction of sp³-hybridized carbons (Fsp3) is 0.310. The summed E-state index contributed by atoms with van der Waals surface area (Å²) in [5, 5.41) is 0. The summed E-state index contributed by atoms with van der Waals surface area (Å²) < 4.78 is 114. The molecule has 2 unspecified atom stereocenters. The summed E-state index contributed by atoms with van der Waals surface area (Å²) in [6.07, 6.45) is -9.30. The molecule has 1 amide bonds. The van der Waals surface area contributed by atoms with Gasteiger partial charge in [0.25, 0.3) is 0 Å². The zero-order chi connectivity index (χ0) is 29.7. The molecule has 1 fully saturated rings. The highest BCUT2D eigenvalue weighted by molar-refractivity contribution is 5.97. The third-order valence-electron chi connectivity index (χ3n) is 7.41. The van der Waals surface area contributed by atoms with Crippen LogP contribution >= 0.6 is 0 Å². The second-order valence-corrected chi connectivity index (χ2v) is 10.0. The van der Waals surface area contributed by atoms with Crippen LogP contribution in [0.25, 0.3) is 5.57 Å². The van der Waals surface area contributed by atoms with Crippen LogP contribution in [0.3, 0.4) is 0 Å². The number of nitrogens with zero attached hydrogens (tertiary/aromatic N) is 2. The molecule has 41 heavy (non-hydrogen) atoms. The first-order valence-electron chi connectivity index (χ1n) is 12.5. The van der Waals surface area contributed by atoms with Gasteiger partial charge in [0.05, 0.1) is 23.3 Å². The predicted molar refractivity (Wildman–Crippen MR) is 131 cm³/mol. The SMILES string of the molecule is C[C@@H](O[C@H]1CN2C(=O)C=C(c3ccnc(F)c3)CC2C1c1ccc(F)cc1)c1cc(C(F)(F)F)cc(C(F)(F)F)c1. The van der Waals surface area contributed by atoms with Crippen molar-refractivity contribution < 1.29 is 44.7 Å². The van der Waals surface area contributed by atoms with Crippen molar-refractivity contribution in [2.75, 3.05) is 6.54 Å². The first-order chi connectivity index (χ1) is 19.2. The van der Waals surface area contributed by atoms with E-state index in [9.17, 15) is 39.9 Å². The van der Waals surface area contributed by atoms with E-state index in [2.05, 4.69) is 4.98 Å². The van der Waals surface area contributed by atoms with E-state index in [1.54, 1.807) is 6.07 Å². The Labute approximate surface area is 229 Å². The van der Waals surface area contributed by atoms with Gasteiger partial charge in [-0.05, 0) is 72.0 Å². The number of aromatic nitrogens is 1. The smallest absolute Gasteiger partial charge is 0.368 e. The van der Waals surface area contributed by atoms with Gasteiger partial charge in [0.2, 0.25) is 11.9 Å². The minimum Gasteiger partial charge on any atom is -0.368 e. The van der Waals surface area contributed by atoms with Gasteiger partial charge in [-0.25, -0.2) is 9.37 Å². The Morgan fingerprint density at radius 3 is 2.15 bits per heavy atom. The number of halogens is 8. The molecule has 0 aliphatic carbocycles. The Balaban J connectivity index is 1.50. The summed E-state index contributed by atoms with van der Waals surface area (Å²) in [7, 11) is 0. The summed E-state index contributed by atoms with van der Waals surface area (Å²) in [6.45, 7) is 1.31. The fourth-order valence-electron chi connectivity index (χ4n) is 5.50. The molecule has 1 aromatic heterocycles. The van der Waals surface area contributed by atoms with E-state index in [1.807, 2.05) is 0 Å². The standard InChI is InChI=1S/C29H22F8N2O2/c1-15(18-8-20(28(32,33)34)13-21(9-18)29(35,36)37)41-24-14-39-23(27(24)16-2-4-22(30)5-3-16)10-19(12-26(39)40)17-6-7-38-25(31)11-17/h2-9,11-13,15,23-24,27H,10,14H2,1H3/t15-,23?,24+,27?/m1/s1. The van der Waals surface area contributed by atoms with E-state index >= 15 is 0 Å². The van der Waals surface area contributed by atoms with Crippen LogP contribution < -0.4 is 0 Å². The Morgan fingerprint density at radius 2 is 1.56 bits per heavy atom. The van der Waals surface area contributed by atoms with Crippen LogP contribution in [0, 0.1) is 11.8 Å². The van der Waals surface area contributed by atoms with Crippen molar-refractivity contribution >= 4 is 11.5 Å². The van der Waals surface area contributed by atoms with E-state index < -0.39 is 65.3 Å². The third kappa shape index (κ3) is 5.97. The number of fused-ring (bicyclic) bond motifs is 1. The largest absolute Gasteiger partial charge is 0.416 e. The molecule has 4 nitrogen and oxygen atoms in total. The quantitative estimate of drug-likeness (QED) is 0.234. The molecule has 5 rings (SSSR count). The normalized spacial score (nSPS) is 22.0. The molecule has 0 N–H and O–H groups in total. The molecule has 0 spiro atoms. The summed E-state index contributed by atoms with van der Waals surface area (Å²) in [4.78, 5) is 18.2. The minimum atomic E-state index is -5.03. The summed E-state index contributed by atoms with van der Waals surface area (Å²) in [5.74, 6) is -2.30. The number of carbonyl (C=O) groups is 1. The lowest BCUT2D eigenvalue weighted by molar-refractivity contribution is -0.143. The monoisotopic (exact) mass is 582 g/mol. The van der Waals surface area contributed by atoms with E-state index in [0.29, 0.717) is 28.8 Å². The second kappa shape index (κ2) is 10.6. The van der Waals surface area contributed by atoms with Gasteiger partial charge in [0.1, 0.15) is 5.82 Å². The number of alkyl halides is 6. The van der Waals surface area contributed by atoms with E-state index in [-0.39, 0.29) is 24.6 Å². The van der Waals surface area contributed by atoms with Gasteiger partial charge in [0.15, 0.2) is 0 Å². The highest BCUT2D eigenvalue weighted by atomic mass is 19.4. The number of hydrogen-bond donors (Lipinski definition) is 0. The second-order valence-electron chi connectivity index (χ2n) is 10.0. The molecule has 216 valence electrons. The number of amides is 1. The highest BCUT2D eigenvalue weighted by Gasteiger charge is 2.48. The zero-order valence-electron chi connectivity index (χ0n) is 21.3. The maximum atomic E-state index is 13.8. The van der Waals surface area contributed by atoms with Gasteiger partial charge in [-0.2, -0.15) is 30.7 Å². The van der Waals surface area contributed by atoms with Crippen LogP contribution in [-0.4, -0.2) is 34.5 Å². The van der Waals surface area contributed by atoms with Crippen molar-refractivity contribution in [1.29, 1.82) is 0 Å². The molecule has 12 heteroatoms. The van der Waals surface area contributed by atoms with E-state index in [1.165, 1.54) is 54.4 Å². The Kier molecular flexibility index (Phi) is 7.39. The molecular weight excluding hydrogens is 560 g/mol. The van der Waals surface area contributed by atoms with Crippen molar-refractivity contribution in [3.05, 3.63) is 106 Å². The molecule has 0 radical (unpaired) electrons. The first kappa shape index (κ1) is 28.7. The maximum Gasteiger partial charge on any atom is 0.416 e. The molecule has 0 saturated carbocycles. The van der Waals surface area contributed by atoms with Gasteiger partial charge >= 0.3 is 12.4 Å². The topological polar surface area (TPSA) is 42.4 Å². The molecule has 4 atom stereocenters. The van der Waals surface area contributed by atoms with Crippen LogP contribution in [0.15, 0.2) is 66.9 Å². The van der Waals surface area contributed by atoms with Crippen LogP contribution in [-0.2, 0) is 21.9 Å². The molecule has 3 heterocycles. The maximum absolute atomic E-state index is 13.8. The Bertz CT molecular complexity index is 1450. The highest BCUT2D eigenvalue weighted by Crippen LogP contribution is 2.45. The molecule has 2 aromatic carbocycles. The molecule has 3 aromatic rings. The lowest BCUT2D eigenvalue weighted by Crippen LogP contribution is -2.39. The molecule has 2 aliphatic rings. The third-order valence-corrected chi connectivity index (χ3v) is 7.41. The number of pyridine rings is 1. The number of rotatable bonds is 5. The van der Waals surface area contributed by atoms with Gasteiger partial charge in [0, 0.05) is 36.8 Å². The zero-order valence-corrected chi connectivity index (χ0v) is 21.3. The molecule has 0 bridgehead atoms. The number of carbonyl (C=O) groups excluding carboxylic acids is 1. The lowest BCUT2D eigenvalue weighted by Gasteiger charge is -2.33. The van der Waals surface area contributed by atoms with Gasteiger partial charge in [-0.3, -0.25) is 4.79 Å². The van der Waals surface area contributed by atoms with Crippen LogP contribution in [0.2, 0.25) is 0 Å². The van der Waals surface area contributed by atoms with Crippen LogP contribution in [0.4, 0.5) is 35.1 Å². The molecule has 2 aliphatic heterocycles. The Morgan fingerprint density at radius 1 is 0.927 bits per heavy atom. The minimum absolute atomic E-state index is 0.0184. The van der Waals surface area contributed by atoms with Gasteiger partial charge in [-0.15, -0.1) is 0 Å². The Hall–Kier alpha value is -3.80. The average Bonchev–Trinajstić information content (AvgIpc) is 3.26. The molecular formula is C29H22F8N2O2. The number of hydrogen-bond acceptors (Lipinski definition) is 3. The van der Waals surface area contributed by atoms with Crippen molar-refractivity contribution in [2.24, 2.45) is 0 Å². The average molecular weight is 582 g/mol. The van der Waals surface area contributed by atoms with E-state index in [0.717, 1.165) is 0 Å². The summed E-state index contributed by atoms with van der Waals surface area (Å²) in [6, 6.07) is 8.82. The molecule has 1 saturated heterocycles.